The van der Waals surface area contributed by atoms with Crippen LogP contribution in [0.2, 0.25) is 0 Å². The van der Waals surface area contributed by atoms with Gasteiger partial charge in [-0.25, -0.2) is 23.5 Å². The first kappa shape index (κ1) is 30.6. The summed E-state index contributed by atoms with van der Waals surface area (Å²) in [4.78, 5) is 58.6. The van der Waals surface area contributed by atoms with Crippen molar-refractivity contribution in [3.8, 4) is 11.4 Å². The second-order valence-corrected chi connectivity index (χ2v) is 13.5. The van der Waals surface area contributed by atoms with E-state index in [0.717, 1.165) is 25.9 Å². The van der Waals surface area contributed by atoms with Gasteiger partial charge >= 0.3 is 11.4 Å². The molecular weight excluding hydrogens is 642 g/mol. The highest BCUT2D eigenvalue weighted by Crippen LogP contribution is 2.63. The lowest BCUT2D eigenvalue weighted by Crippen LogP contribution is -2.53. The lowest BCUT2D eigenvalue weighted by molar-refractivity contribution is -0.138. The van der Waals surface area contributed by atoms with Gasteiger partial charge in [-0.3, -0.25) is 15.0 Å². The summed E-state index contributed by atoms with van der Waals surface area (Å²) in [6, 6.07) is 35.7. The number of fused-ring (bicyclic) bond motifs is 5. The average molecular weight is 676 g/mol. The van der Waals surface area contributed by atoms with Crippen LogP contribution in [0.5, 0.6) is 5.75 Å². The minimum Gasteiger partial charge on any atom is -0.508 e. The number of rotatable bonds is 5. The zero-order valence-corrected chi connectivity index (χ0v) is 27.6. The first-order valence-corrected chi connectivity index (χ1v) is 17.0. The summed E-state index contributed by atoms with van der Waals surface area (Å²) in [5.74, 6) is -2.82. The predicted molar refractivity (Wildman–Crippen MR) is 193 cm³/mol. The zero-order valence-electron chi connectivity index (χ0n) is 27.6. The Morgan fingerprint density at radius 1 is 0.765 bits per heavy atom. The highest BCUT2D eigenvalue weighted by Gasteiger charge is 2.69. The van der Waals surface area contributed by atoms with E-state index in [1.807, 2.05) is 104 Å². The number of carbonyl (C=O) groups is 2. The van der Waals surface area contributed by atoms with Crippen LogP contribution in [0.15, 0.2) is 143 Å². The molecule has 10 nitrogen and oxygen atoms in total. The minimum atomic E-state index is -1.52. The molecule has 252 valence electrons. The highest BCUT2D eigenvalue weighted by atomic mass is 16.3. The number of hydrogen-bond donors (Lipinski definition) is 2. The third-order valence-electron chi connectivity index (χ3n) is 10.9. The molecule has 3 heterocycles. The van der Waals surface area contributed by atoms with Crippen molar-refractivity contribution in [1.82, 2.24) is 18.9 Å². The normalized spacial score (nSPS) is 22.3. The van der Waals surface area contributed by atoms with E-state index in [-0.39, 0.29) is 18.7 Å². The van der Waals surface area contributed by atoms with Gasteiger partial charge in [0.2, 0.25) is 0 Å². The lowest BCUT2D eigenvalue weighted by Gasteiger charge is -2.49. The number of benzene rings is 5. The second kappa shape index (κ2) is 11.3. The maximum Gasteiger partial charge on any atom is 0.352 e. The highest BCUT2D eigenvalue weighted by molar-refractivity contribution is 6.13. The van der Waals surface area contributed by atoms with Gasteiger partial charge in [0, 0.05) is 11.5 Å². The maximum atomic E-state index is 15.4. The first-order valence-electron chi connectivity index (χ1n) is 17.0. The van der Waals surface area contributed by atoms with Gasteiger partial charge in [-0.15, -0.1) is 0 Å². The molecule has 0 radical (unpaired) electrons. The Kier molecular flexibility index (Phi) is 6.79. The topological polar surface area (TPSA) is 119 Å². The maximum absolute atomic E-state index is 15.4. The van der Waals surface area contributed by atoms with Gasteiger partial charge in [0.25, 0.3) is 11.8 Å². The summed E-state index contributed by atoms with van der Waals surface area (Å²) in [6.07, 6.45) is 1.97. The van der Waals surface area contributed by atoms with Gasteiger partial charge in [-0.1, -0.05) is 103 Å². The number of nitrogens with zero attached hydrogens (tertiary/aromatic N) is 4. The van der Waals surface area contributed by atoms with E-state index in [0.29, 0.717) is 28.1 Å². The Balaban J connectivity index is 1.34. The van der Waals surface area contributed by atoms with E-state index in [4.69, 9.17) is 0 Å². The molecule has 9 rings (SSSR count). The number of hydrogen-bond acceptors (Lipinski definition) is 6. The zero-order chi connectivity index (χ0) is 35.0. The number of aryl methyl sites for hydroxylation is 1. The molecule has 6 aromatic rings. The van der Waals surface area contributed by atoms with Crippen LogP contribution < -0.4 is 16.8 Å². The summed E-state index contributed by atoms with van der Waals surface area (Å²) in [6.45, 7) is 2.02. The molecule has 10 heteroatoms. The molecule has 5 aromatic carbocycles. The number of anilines is 1. The molecule has 51 heavy (non-hydrogen) atoms. The smallest absolute Gasteiger partial charge is 0.352 e. The van der Waals surface area contributed by atoms with Gasteiger partial charge in [0.15, 0.2) is 0 Å². The molecular formula is C41H33N5O5. The average Bonchev–Trinajstić information content (AvgIpc) is 3.54. The number of amides is 2. The quantitative estimate of drug-likeness (QED) is 0.182. The van der Waals surface area contributed by atoms with Gasteiger partial charge in [0.05, 0.1) is 35.3 Å². The van der Waals surface area contributed by atoms with Crippen LogP contribution in [-0.4, -0.2) is 35.9 Å². The number of phenolic OH excluding ortho intramolecular Hbond substituents is 1. The first-order chi connectivity index (χ1) is 24.8. The van der Waals surface area contributed by atoms with Crippen molar-refractivity contribution in [3.63, 3.8) is 0 Å². The standard InChI is InChI=1S/C41H33N5O5/c1-25-16-19-28(20-17-25)42-45-37(48)32-24-33-31(22-23-43-39(50)44(40(51)46(33)43)29-13-6-3-7-14-29)36(41(32,38(45)49)27-11-4-2-5-12-27)35-30-15-9-8-10-26(30)18-21-34(35)47/h2-22,32-33,36,42,47H,23-24H2,1H3/t32-,33+,36+,41+/m0/s1. The number of para-hydroxylation sites is 1. The molecule has 0 unspecified atom stereocenters. The number of aromatic nitrogens is 3. The van der Waals surface area contributed by atoms with Crippen LogP contribution in [0.3, 0.4) is 0 Å². The van der Waals surface area contributed by atoms with Crippen LogP contribution in [-0.2, 0) is 21.5 Å². The van der Waals surface area contributed by atoms with Crippen LogP contribution in [0.25, 0.3) is 16.5 Å². The minimum absolute atomic E-state index is 0.0309. The Morgan fingerprint density at radius 3 is 2.20 bits per heavy atom. The van der Waals surface area contributed by atoms with Gasteiger partial charge in [-0.2, -0.15) is 5.01 Å². The third kappa shape index (κ3) is 4.29. The van der Waals surface area contributed by atoms with Crippen molar-refractivity contribution in [1.29, 1.82) is 0 Å². The van der Waals surface area contributed by atoms with Crippen LogP contribution in [0, 0.1) is 12.8 Å². The molecule has 1 aliphatic carbocycles. The SMILES string of the molecule is Cc1ccc(NN2C(=O)[C@@H]3C[C@@H]4C(=CCn5c(=O)n(-c6ccccc6)c(=O)n54)[C@H](c4c(O)ccc5ccccc45)[C@]3(c3ccccc3)C2=O)cc1. The van der Waals surface area contributed by atoms with Gasteiger partial charge in [-0.05, 0) is 65.6 Å². The molecule has 2 amide bonds. The summed E-state index contributed by atoms with van der Waals surface area (Å²) < 4.78 is 4.00. The van der Waals surface area contributed by atoms with Crippen molar-refractivity contribution < 1.29 is 14.7 Å². The molecule has 2 N–H and O–H groups in total. The van der Waals surface area contributed by atoms with E-state index >= 15 is 4.79 Å². The Bertz CT molecular complexity index is 2530. The second-order valence-electron chi connectivity index (χ2n) is 13.5. The van der Waals surface area contributed by atoms with Crippen molar-refractivity contribution in [2.24, 2.45) is 5.92 Å². The van der Waals surface area contributed by atoms with E-state index in [1.165, 1.54) is 9.36 Å². The lowest BCUT2D eigenvalue weighted by atomic mass is 9.53. The van der Waals surface area contributed by atoms with Crippen molar-refractivity contribution in [2.45, 2.75) is 37.3 Å². The van der Waals surface area contributed by atoms with Crippen LogP contribution in [0.1, 0.15) is 35.1 Å². The summed E-state index contributed by atoms with van der Waals surface area (Å²) >= 11 is 0. The molecule has 1 aromatic heterocycles. The van der Waals surface area contributed by atoms with Gasteiger partial charge in [0.1, 0.15) is 5.75 Å². The summed E-state index contributed by atoms with van der Waals surface area (Å²) in [5.41, 5.74) is 4.37. The predicted octanol–water partition coefficient (Wildman–Crippen LogP) is 5.59. The number of allylic oxidation sites excluding steroid dienone is 2. The number of aromatic hydroxyl groups is 1. The molecule has 3 aliphatic rings. The van der Waals surface area contributed by atoms with Crippen LogP contribution >= 0.6 is 0 Å². The van der Waals surface area contributed by atoms with Crippen LogP contribution in [0.4, 0.5) is 5.69 Å². The summed E-state index contributed by atoms with van der Waals surface area (Å²) in [7, 11) is 0. The Labute approximate surface area is 292 Å². The Hall–Kier alpha value is -6.42. The molecule has 1 saturated carbocycles. The van der Waals surface area contributed by atoms with Gasteiger partial charge < -0.3 is 5.11 Å². The number of hydrazine groups is 1. The molecule has 0 spiro atoms. The number of imide groups is 1. The van der Waals surface area contributed by atoms with Crippen molar-refractivity contribution >= 4 is 28.3 Å². The molecule has 1 saturated heterocycles. The molecule has 4 atom stereocenters. The largest absolute Gasteiger partial charge is 0.508 e. The number of phenols is 1. The summed E-state index contributed by atoms with van der Waals surface area (Å²) in [5, 5.41) is 14.6. The van der Waals surface area contributed by atoms with E-state index < -0.39 is 46.5 Å². The van der Waals surface area contributed by atoms with E-state index in [2.05, 4.69) is 5.43 Å². The monoisotopic (exact) mass is 675 g/mol. The van der Waals surface area contributed by atoms with E-state index in [9.17, 15) is 19.5 Å². The molecule has 2 aliphatic heterocycles. The fraction of sp³-hybridized carbons (Fsp3) is 0.171. The molecule has 0 bridgehead atoms. The number of nitrogens with one attached hydrogen (secondary N) is 1. The fourth-order valence-electron chi connectivity index (χ4n) is 8.71. The van der Waals surface area contributed by atoms with E-state index in [1.54, 1.807) is 30.3 Å². The number of carbonyl (C=O) groups excluding carboxylic acids is 2. The third-order valence-corrected chi connectivity index (χ3v) is 10.9. The van der Waals surface area contributed by atoms with Crippen molar-refractivity contribution in [3.05, 3.63) is 171 Å². The van der Waals surface area contributed by atoms with Crippen molar-refractivity contribution in [2.75, 3.05) is 5.43 Å². The fourth-order valence-corrected chi connectivity index (χ4v) is 8.71. The Morgan fingerprint density at radius 2 is 1.45 bits per heavy atom. The molecule has 2 fully saturated rings.